The summed E-state index contributed by atoms with van der Waals surface area (Å²) >= 11 is 0. The van der Waals surface area contributed by atoms with Crippen molar-refractivity contribution in [2.24, 2.45) is 0 Å². The number of nitrogens with zero attached hydrogens (tertiary/aromatic N) is 1. The van der Waals surface area contributed by atoms with Crippen LogP contribution in [-0.4, -0.2) is 11.5 Å². The number of aromatic nitrogens is 1. The Hall–Kier alpha value is -1.67. The van der Waals surface area contributed by atoms with Gasteiger partial charge in [-0.1, -0.05) is 44.5 Å². The maximum Gasteiger partial charge on any atom is 0.0577 e. The first-order chi connectivity index (χ1) is 9.35. The molecule has 1 unspecified atom stereocenters. The van der Waals surface area contributed by atoms with Gasteiger partial charge < -0.3 is 5.32 Å². The standard InChI is InChI=1S/C17H22N2/c1-3-6-14-7-5-8-16(13-14)17(19-4-2)15-9-11-18-12-10-15/h5,7-13,17,19H,3-4,6H2,1-2H3. The predicted octanol–water partition coefficient (Wildman–Crippen LogP) is 3.73. The van der Waals surface area contributed by atoms with E-state index in [1.165, 1.54) is 23.1 Å². The molecule has 1 heterocycles. The summed E-state index contributed by atoms with van der Waals surface area (Å²) in [6.07, 6.45) is 6.04. The predicted molar refractivity (Wildman–Crippen MR) is 80.2 cm³/mol. The monoisotopic (exact) mass is 254 g/mol. The van der Waals surface area contributed by atoms with Crippen molar-refractivity contribution in [3.05, 3.63) is 65.5 Å². The summed E-state index contributed by atoms with van der Waals surface area (Å²) in [6.45, 7) is 5.31. The fourth-order valence-corrected chi connectivity index (χ4v) is 2.41. The number of aryl methyl sites for hydroxylation is 1. The lowest BCUT2D eigenvalue weighted by atomic mass is 9.97. The molecule has 2 rings (SSSR count). The van der Waals surface area contributed by atoms with Gasteiger partial charge in [0.2, 0.25) is 0 Å². The van der Waals surface area contributed by atoms with Gasteiger partial charge in [0.1, 0.15) is 0 Å². The Bertz CT molecular complexity index is 494. The number of rotatable bonds is 6. The van der Waals surface area contributed by atoms with E-state index in [0.29, 0.717) is 0 Å². The molecule has 0 saturated heterocycles. The van der Waals surface area contributed by atoms with Gasteiger partial charge >= 0.3 is 0 Å². The van der Waals surface area contributed by atoms with E-state index in [2.05, 4.69) is 60.5 Å². The molecular weight excluding hydrogens is 232 g/mol. The van der Waals surface area contributed by atoms with Gasteiger partial charge in [0.05, 0.1) is 6.04 Å². The van der Waals surface area contributed by atoms with Gasteiger partial charge in [0, 0.05) is 12.4 Å². The molecule has 2 nitrogen and oxygen atoms in total. The van der Waals surface area contributed by atoms with Gasteiger partial charge in [0.25, 0.3) is 0 Å². The Kier molecular flexibility index (Phi) is 5.10. The Morgan fingerprint density at radius 1 is 1.05 bits per heavy atom. The van der Waals surface area contributed by atoms with Gasteiger partial charge in [-0.05, 0) is 41.8 Å². The molecule has 0 amide bonds. The van der Waals surface area contributed by atoms with Crippen molar-refractivity contribution in [3.63, 3.8) is 0 Å². The quantitative estimate of drug-likeness (QED) is 0.849. The van der Waals surface area contributed by atoms with Crippen molar-refractivity contribution in [1.29, 1.82) is 0 Å². The van der Waals surface area contributed by atoms with Crippen molar-refractivity contribution in [2.75, 3.05) is 6.54 Å². The summed E-state index contributed by atoms with van der Waals surface area (Å²) < 4.78 is 0. The second-order valence-corrected chi connectivity index (χ2v) is 4.77. The Morgan fingerprint density at radius 3 is 2.53 bits per heavy atom. The number of pyridine rings is 1. The molecule has 1 N–H and O–H groups in total. The number of hydrogen-bond donors (Lipinski definition) is 1. The maximum absolute atomic E-state index is 4.10. The van der Waals surface area contributed by atoms with Crippen LogP contribution in [0, 0.1) is 0 Å². The molecule has 100 valence electrons. The van der Waals surface area contributed by atoms with E-state index >= 15 is 0 Å². The van der Waals surface area contributed by atoms with Crippen LogP contribution in [0.1, 0.15) is 43.0 Å². The summed E-state index contributed by atoms with van der Waals surface area (Å²) in [5, 5.41) is 3.56. The van der Waals surface area contributed by atoms with Crippen LogP contribution in [0.25, 0.3) is 0 Å². The highest BCUT2D eigenvalue weighted by Gasteiger charge is 2.12. The zero-order chi connectivity index (χ0) is 13.5. The van der Waals surface area contributed by atoms with E-state index in [0.717, 1.165) is 13.0 Å². The fourth-order valence-electron chi connectivity index (χ4n) is 2.41. The lowest BCUT2D eigenvalue weighted by molar-refractivity contribution is 0.629. The minimum Gasteiger partial charge on any atom is -0.307 e. The molecule has 0 radical (unpaired) electrons. The third-order valence-electron chi connectivity index (χ3n) is 3.27. The van der Waals surface area contributed by atoms with Crippen LogP contribution in [0.4, 0.5) is 0 Å². The topological polar surface area (TPSA) is 24.9 Å². The first-order valence-electron chi connectivity index (χ1n) is 7.07. The first-order valence-corrected chi connectivity index (χ1v) is 7.07. The Morgan fingerprint density at radius 2 is 1.84 bits per heavy atom. The zero-order valence-electron chi connectivity index (χ0n) is 11.8. The number of benzene rings is 1. The molecule has 0 aliphatic heterocycles. The Labute approximate surface area is 115 Å². The van der Waals surface area contributed by atoms with Gasteiger partial charge in [-0.15, -0.1) is 0 Å². The van der Waals surface area contributed by atoms with E-state index < -0.39 is 0 Å². The lowest BCUT2D eigenvalue weighted by Crippen LogP contribution is -2.22. The van der Waals surface area contributed by atoms with Gasteiger partial charge in [-0.25, -0.2) is 0 Å². The summed E-state index contributed by atoms with van der Waals surface area (Å²) in [5.41, 5.74) is 4.02. The molecule has 0 aliphatic rings. The highest BCUT2D eigenvalue weighted by molar-refractivity contribution is 5.33. The van der Waals surface area contributed by atoms with Crippen LogP contribution in [0.15, 0.2) is 48.8 Å². The minimum absolute atomic E-state index is 0.254. The average Bonchev–Trinajstić information content (AvgIpc) is 2.46. The maximum atomic E-state index is 4.10. The van der Waals surface area contributed by atoms with Crippen molar-refractivity contribution >= 4 is 0 Å². The normalized spacial score (nSPS) is 12.3. The van der Waals surface area contributed by atoms with Crippen molar-refractivity contribution < 1.29 is 0 Å². The summed E-state index contributed by atoms with van der Waals surface area (Å²) in [5.74, 6) is 0. The second kappa shape index (κ2) is 7.05. The molecule has 2 heteroatoms. The third kappa shape index (κ3) is 3.65. The van der Waals surface area contributed by atoms with Crippen molar-refractivity contribution in [3.8, 4) is 0 Å². The van der Waals surface area contributed by atoms with Crippen LogP contribution in [0.5, 0.6) is 0 Å². The average molecular weight is 254 g/mol. The van der Waals surface area contributed by atoms with Crippen LogP contribution >= 0.6 is 0 Å². The SMILES string of the molecule is CCCc1cccc(C(NCC)c2ccncc2)c1. The van der Waals surface area contributed by atoms with Crippen molar-refractivity contribution in [1.82, 2.24) is 10.3 Å². The van der Waals surface area contributed by atoms with E-state index in [4.69, 9.17) is 0 Å². The smallest absolute Gasteiger partial charge is 0.0577 e. The van der Waals surface area contributed by atoms with E-state index in [9.17, 15) is 0 Å². The number of nitrogens with one attached hydrogen (secondary N) is 1. The molecule has 19 heavy (non-hydrogen) atoms. The largest absolute Gasteiger partial charge is 0.307 e. The minimum atomic E-state index is 0.254. The molecule has 1 aromatic heterocycles. The highest BCUT2D eigenvalue weighted by Crippen LogP contribution is 2.22. The van der Waals surface area contributed by atoms with Crippen LogP contribution in [0.3, 0.4) is 0 Å². The molecule has 0 spiro atoms. The Balaban J connectivity index is 2.31. The van der Waals surface area contributed by atoms with E-state index in [-0.39, 0.29) is 6.04 Å². The molecule has 0 bridgehead atoms. The molecule has 1 aromatic carbocycles. The van der Waals surface area contributed by atoms with E-state index in [1.54, 1.807) is 0 Å². The lowest BCUT2D eigenvalue weighted by Gasteiger charge is -2.19. The third-order valence-corrected chi connectivity index (χ3v) is 3.27. The highest BCUT2D eigenvalue weighted by atomic mass is 14.9. The molecule has 1 atom stereocenters. The molecule has 2 aromatic rings. The summed E-state index contributed by atoms with van der Waals surface area (Å²) in [7, 11) is 0. The molecular formula is C17H22N2. The van der Waals surface area contributed by atoms with Gasteiger partial charge in [0.15, 0.2) is 0 Å². The number of hydrogen-bond acceptors (Lipinski definition) is 2. The molecule has 0 fully saturated rings. The molecule has 0 saturated carbocycles. The van der Waals surface area contributed by atoms with Gasteiger partial charge in [-0.2, -0.15) is 0 Å². The van der Waals surface area contributed by atoms with Gasteiger partial charge in [-0.3, -0.25) is 4.98 Å². The summed E-state index contributed by atoms with van der Waals surface area (Å²) in [6, 6.07) is 13.3. The first kappa shape index (κ1) is 13.8. The molecule has 0 aliphatic carbocycles. The van der Waals surface area contributed by atoms with E-state index in [1.807, 2.05) is 12.4 Å². The zero-order valence-corrected chi connectivity index (χ0v) is 11.8. The van der Waals surface area contributed by atoms with Crippen LogP contribution in [-0.2, 0) is 6.42 Å². The fraction of sp³-hybridized carbons (Fsp3) is 0.353. The second-order valence-electron chi connectivity index (χ2n) is 4.77. The van der Waals surface area contributed by atoms with Crippen LogP contribution < -0.4 is 5.32 Å². The van der Waals surface area contributed by atoms with Crippen molar-refractivity contribution in [2.45, 2.75) is 32.7 Å². The summed E-state index contributed by atoms with van der Waals surface area (Å²) in [4.78, 5) is 4.10. The van der Waals surface area contributed by atoms with Crippen LogP contribution in [0.2, 0.25) is 0 Å².